The van der Waals surface area contributed by atoms with Crippen molar-refractivity contribution in [2.75, 3.05) is 4.90 Å². The lowest BCUT2D eigenvalue weighted by molar-refractivity contribution is 0.144. The van der Waals surface area contributed by atoms with Gasteiger partial charge >= 0.3 is 6.09 Å². The second-order valence-electron chi connectivity index (χ2n) is 6.03. The predicted molar refractivity (Wildman–Crippen MR) is 95.8 cm³/mol. The molecule has 0 bridgehead atoms. The molecule has 0 spiro atoms. The molecule has 3 nitrogen and oxygen atoms in total. The summed E-state index contributed by atoms with van der Waals surface area (Å²) in [4.78, 5) is 14.4. The van der Waals surface area contributed by atoms with E-state index >= 15 is 0 Å². The van der Waals surface area contributed by atoms with Gasteiger partial charge in [0.05, 0.1) is 5.69 Å². The van der Waals surface area contributed by atoms with Crippen molar-refractivity contribution in [3.05, 3.63) is 63.6 Å². The largest absolute Gasteiger partial charge is 0.444 e. The zero-order chi connectivity index (χ0) is 16.4. The van der Waals surface area contributed by atoms with Gasteiger partial charge in [0.2, 0.25) is 0 Å². The summed E-state index contributed by atoms with van der Waals surface area (Å²) in [7, 11) is 0. The molecule has 1 unspecified atom stereocenters. The summed E-state index contributed by atoms with van der Waals surface area (Å²) in [6, 6.07) is 14.1. The van der Waals surface area contributed by atoms with Crippen LogP contribution in [0.4, 0.5) is 10.5 Å². The molecule has 0 N–H and O–H groups in total. The molecule has 1 atom stereocenters. The van der Waals surface area contributed by atoms with Crippen LogP contribution in [0.3, 0.4) is 0 Å². The number of halogens is 1. The monoisotopic (exact) mass is 373 g/mol. The van der Waals surface area contributed by atoms with Crippen LogP contribution in [-0.4, -0.2) is 12.1 Å². The van der Waals surface area contributed by atoms with Crippen LogP contribution >= 0.6 is 15.9 Å². The van der Waals surface area contributed by atoms with Crippen LogP contribution in [0.25, 0.3) is 0 Å². The minimum Gasteiger partial charge on any atom is -0.444 e. The average molecular weight is 374 g/mol. The maximum Gasteiger partial charge on any atom is 0.414 e. The molecule has 2 aromatic rings. The van der Waals surface area contributed by atoms with E-state index in [2.05, 4.69) is 35.8 Å². The molecular weight excluding hydrogens is 354 g/mol. The van der Waals surface area contributed by atoms with Gasteiger partial charge in [0.25, 0.3) is 0 Å². The molecule has 3 rings (SSSR count). The highest BCUT2D eigenvalue weighted by atomic mass is 79.9. The molecule has 2 aromatic carbocycles. The van der Waals surface area contributed by atoms with Gasteiger partial charge in [-0.05, 0) is 49.4 Å². The summed E-state index contributed by atoms with van der Waals surface area (Å²) in [5.74, 6) is 0. The zero-order valence-electron chi connectivity index (χ0n) is 13.4. The summed E-state index contributed by atoms with van der Waals surface area (Å²) in [6.45, 7) is 4.44. The predicted octanol–water partition coefficient (Wildman–Crippen LogP) is 5.24. The summed E-state index contributed by atoms with van der Waals surface area (Å²) >= 11 is 3.57. The smallest absolute Gasteiger partial charge is 0.414 e. The molecule has 0 fully saturated rings. The van der Waals surface area contributed by atoms with E-state index in [0.29, 0.717) is 6.61 Å². The summed E-state index contributed by atoms with van der Waals surface area (Å²) in [5.41, 5.74) is 4.35. The Balaban J connectivity index is 1.81. The first kappa shape index (κ1) is 16.1. The minimum atomic E-state index is -0.280. The Kier molecular flexibility index (Phi) is 4.71. The number of fused-ring (bicyclic) bond motifs is 1. The number of anilines is 1. The molecule has 0 aromatic heterocycles. The fraction of sp³-hybridized carbons (Fsp3) is 0.316. The third-order valence-corrected chi connectivity index (χ3v) is 5.15. The highest BCUT2D eigenvalue weighted by Gasteiger charge is 2.30. The Morgan fingerprint density at radius 3 is 2.78 bits per heavy atom. The molecule has 0 radical (unpaired) electrons. The third kappa shape index (κ3) is 3.42. The number of carbonyl (C=O) groups excluding carboxylic acids is 1. The molecule has 0 saturated heterocycles. The fourth-order valence-corrected chi connectivity index (χ4v) is 3.28. The number of nitrogens with zero attached hydrogens (tertiary/aromatic N) is 1. The molecule has 1 amide bonds. The molecule has 1 heterocycles. The number of rotatable bonds is 2. The van der Waals surface area contributed by atoms with Crippen molar-refractivity contribution >= 4 is 27.7 Å². The summed E-state index contributed by atoms with van der Waals surface area (Å²) in [6.07, 6.45) is 1.67. The van der Waals surface area contributed by atoms with Gasteiger partial charge in [-0.1, -0.05) is 52.3 Å². The normalized spacial score (nSPS) is 16.8. The van der Waals surface area contributed by atoms with E-state index < -0.39 is 0 Å². The number of aryl methyl sites for hydroxylation is 2. The van der Waals surface area contributed by atoms with Crippen LogP contribution < -0.4 is 4.90 Å². The topological polar surface area (TPSA) is 29.5 Å². The van der Waals surface area contributed by atoms with Crippen LogP contribution in [0.15, 0.2) is 46.9 Å². The van der Waals surface area contributed by atoms with Crippen LogP contribution in [0, 0.1) is 6.92 Å². The molecule has 4 heteroatoms. The van der Waals surface area contributed by atoms with Gasteiger partial charge in [-0.2, -0.15) is 0 Å². The lowest BCUT2D eigenvalue weighted by Crippen LogP contribution is -2.42. The maximum absolute atomic E-state index is 12.6. The Bertz CT molecular complexity index is 715. The van der Waals surface area contributed by atoms with Gasteiger partial charge in [0.1, 0.15) is 6.61 Å². The first-order valence-electron chi connectivity index (χ1n) is 7.85. The number of hydrogen-bond donors (Lipinski definition) is 0. The molecule has 1 aliphatic rings. The van der Waals surface area contributed by atoms with Crippen molar-refractivity contribution in [3.63, 3.8) is 0 Å². The van der Waals surface area contributed by atoms with Crippen molar-refractivity contribution in [1.29, 1.82) is 0 Å². The molecule has 1 aliphatic heterocycles. The molecule has 0 saturated carbocycles. The second-order valence-corrected chi connectivity index (χ2v) is 6.88. The SMILES string of the molecule is Cc1cc2c(cc1Br)N(C(=O)OCc1ccccc1)C(C)CC2. The van der Waals surface area contributed by atoms with Crippen LogP contribution in [0.2, 0.25) is 0 Å². The third-order valence-electron chi connectivity index (χ3n) is 4.29. The van der Waals surface area contributed by atoms with E-state index in [9.17, 15) is 4.79 Å². The van der Waals surface area contributed by atoms with Crippen molar-refractivity contribution in [1.82, 2.24) is 0 Å². The number of amides is 1. The number of benzene rings is 2. The van der Waals surface area contributed by atoms with Crippen LogP contribution in [0.1, 0.15) is 30.0 Å². The van der Waals surface area contributed by atoms with E-state index in [1.165, 1.54) is 11.1 Å². The van der Waals surface area contributed by atoms with E-state index in [1.807, 2.05) is 36.4 Å². The van der Waals surface area contributed by atoms with E-state index in [0.717, 1.165) is 28.6 Å². The van der Waals surface area contributed by atoms with Crippen molar-refractivity contribution < 1.29 is 9.53 Å². The highest BCUT2D eigenvalue weighted by Crippen LogP contribution is 2.35. The van der Waals surface area contributed by atoms with Crippen molar-refractivity contribution in [2.45, 2.75) is 39.3 Å². The van der Waals surface area contributed by atoms with Gasteiger partial charge in [-0.15, -0.1) is 0 Å². The van der Waals surface area contributed by atoms with E-state index in [4.69, 9.17) is 4.74 Å². The van der Waals surface area contributed by atoms with E-state index in [1.54, 1.807) is 4.90 Å². The lowest BCUT2D eigenvalue weighted by atomic mass is 9.95. The van der Waals surface area contributed by atoms with Gasteiger partial charge in [0, 0.05) is 10.5 Å². The minimum absolute atomic E-state index is 0.139. The second kappa shape index (κ2) is 6.75. The maximum atomic E-state index is 12.6. The molecule has 0 aliphatic carbocycles. The van der Waals surface area contributed by atoms with Gasteiger partial charge in [-0.25, -0.2) is 4.79 Å². The van der Waals surface area contributed by atoms with Gasteiger partial charge in [0.15, 0.2) is 0 Å². The Hall–Kier alpha value is -1.81. The highest BCUT2D eigenvalue weighted by molar-refractivity contribution is 9.10. The quantitative estimate of drug-likeness (QED) is 0.720. The lowest BCUT2D eigenvalue weighted by Gasteiger charge is -2.35. The van der Waals surface area contributed by atoms with Gasteiger partial charge < -0.3 is 4.74 Å². The van der Waals surface area contributed by atoms with Crippen LogP contribution in [-0.2, 0) is 17.8 Å². The van der Waals surface area contributed by atoms with Gasteiger partial charge in [-0.3, -0.25) is 4.90 Å². The van der Waals surface area contributed by atoms with Crippen LogP contribution in [0.5, 0.6) is 0 Å². The number of carbonyl (C=O) groups is 1. The average Bonchev–Trinajstić information content (AvgIpc) is 2.55. The standard InChI is InChI=1S/C19H20BrNO2/c1-13-10-16-9-8-14(2)21(18(16)11-17(13)20)19(22)23-12-15-6-4-3-5-7-15/h3-7,10-11,14H,8-9,12H2,1-2H3. The molecule has 23 heavy (non-hydrogen) atoms. The number of ether oxygens (including phenoxy) is 1. The number of hydrogen-bond acceptors (Lipinski definition) is 2. The Labute approximate surface area is 145 Å². The summed E-state index contributed by atoms with van der Waals surface area (Å²) < 4.78 is 6.56. The zero-order valence-corrected chi connectivity index (χ0v) is 15.0. The fourth-order valence-electron chi connectivity index (χ4n) is 2.95. The molecule has 120 valence electrons. The van der Waals surface area contributed by atoms with E-state index in [-0.39, 0.29) is 12.1 Å². The van der Waals surface area contributed by atoms with Crippen molar-refractivity contribution in [2.24, 2.45) is 0 Å². The first-order valence-corrected chi connectivity index (χ1v) is 8.64. The summed E-state index contributed by atoms with van der Waals surface area (Å²) in [5, 5.41) is 0. The first-order chi connectivity index (χ1) is 11.1. The Morgan fingerprint density at radius 1 is 1.30 bits per heavy atom. The van der Waals surface area contributed by atoms with Crippen molar-refractivity contribution in [3.8, 4) is 0 Å². The molecular formula is C19H20BrNO2. The Morgan fingerprint density at radius 2 is 2.04 bits per heavy atom.